The highest BCUT2D eigenvalue weighted by Gasteiger charge is 2.61. The number of H-pyrrole nitrogens is 1. The summed E-state index contributed by atoms with van der Waals surface area (Å²) in [7, 11) is 0. The molecule has 72 valence electrons. The van der Waals surface area contributed by atoms with Crippen LogP contribution in [0, 0.1) is 5.41 Å². The minimum Gasteiger partial charge on any atom is -0.367 e. The molecular weight excluding hydrogens is 160 g/mol. The second-order valence-electron chi connectivity index (χ2n) is 4.78. The smallest absolute Gasteiger partial charge is 0.00432 e. The van der Waals surface area contributed by atoms with E-state index in [9.17, 15) is 0 Å². The Hall–Kier alpha value is -0.760. The van der Waals surface area contributed by atoms with Crippen molar-refractivity contribution in [3.05, 3.63) is 24.0 Å². The van der Waals surface area contributed by atoms with E-state index in [1.54, 1.807) is 0 Å². The Morgan fingerprint density at radius 1 is 1.54 bits per heavy atom. The number of hydrogen-bond acceptors (Lipinski definition) is 1. The number of hydrogen-bond donors (Lipinski definition) is 2. The molecule has 0 saturated heterocycles. The van der Waals surface area contributed by atoms with Gasteiger partial charge in [-0.2, -0.15) is 0 Å². The molecule has 1 atom stereocenters. The number of aromatic amines is 1. The van der Waals surface area contributed by atoms with Gasteiger partial charge >= 0.3 is 0 Å². The lowest BCUT2D eigenvalue weighted by atomic mass is 9.87. The van der Waals surface area contributed by atoms with E-state index in [0.29, 0.717) is 10.8 Å². The third kappa shape index (κ3) is 1.12. The number of nitrogens with one attached hydrogen (secondary N) is 1. The molecule has 1 fully saturated rings. The first kappa shape index (κ1) is 8.82. The van der Waals surface area contributed by atoms with Gasteiger partial charge < -0.3 is 10.7 Å². The van der Waals surface area contributed by atoms with Crippen LogP contribution in [0.2, 0.25) is 0 Å². The van der Waals surface area contributed by atoms with Crippen LogP contribution in [0.1, 0.15) is 32.3 Å². The third-order valence-corrected chi connectivity index (χ3v) is 3.64. The quantitative estimate of drug-likeness (QED) is 0.730. The fourth-order valence-electron chi connectivity index (χ4n) is 2.64. The zero-order chi connectivity index (χ0) is 9.53. The normalized spacial score (nSPS) is 30.4. The minimum absolute atomic E-state index is 0.363. The van der Waals surface area contributed by atoms with Gasteiger partial charge in [0.1, 0.15) is 0 Å². The first-order chi connectivity index (χ1) is 6.12. The van der Waals surface area contributed by atoms with Crippen LogP contribution < -0.4 is 5.73 Å². The van der Waals surface area contributed by atoms with Crippen molar-refractivity contribution in [1.82, 2.24) is 4.98 Å². The molecule has 3 N–H and O–H groups in total. The van der Waals surface area contributed by atoms with E-state index in [4.69, 9.17) is 5.73 Å². The van der Waals surface area contributed by atoms with Crippen molar-refractivity contribution in [3.8, 4) is 0 Å². The predicted molar refractivity (Wildman–Crippen MR) is 54.5 cm³/mol. The highest BCUT2D eigenvalue weighted by molar-refractivity contribution is 5.35. The Labute approximate surface area is 79.5 Å². The molecular formula is C11H18N2. The van der Waals surface area contributed by atoms with Crippen molar-refractivity contribution in [2.75, 3.05) is 6.54 Å². The summed E-state index contributed by atoms with van der Waals surface area (Å²) in [6.45, 7) is 5.44. The van der Waals surface area contributed by atoms with Gasteiger partial charge in [0, 0.05) is 17.8 Å². The lowest BCUT2D eigenvalue weighted by Gasteiger charge is -2.18. The predicted octanol–water partition coefficient (Wildman–Crippen LogP) is 2.03. The monoisotopic (exact) mass is 178 g/mol. The SMILES string of the molecule is CC1(C)CC1(CCN)c1cc[nH]c1. The summed E-state index contributed by atoms with van der Waals surface area (Å²) in [6, 6.07) is 2.18. The fraction of sp³-hybridized carbons (Fsp3) is 0.636. The molecule has 13 heavy (non-hydrogen) atoms. The standard InChI is InChI=1S/C11H18N2/c1-10(2)8-11(10,4-5-12)9-3-6-13-7-9/h3,6-7,13H,4-5,8,12H2,1-2H3. The fourth-order valence-corrected chi connectivity index (χ4v) is 2.64. The molecule has 1 aromatic rings. The largest absolute Gasteiger partial charge is 0.367 e. The van der Waals surface area contributed by atoms with Crippen molar-refractivity contribution < 1.29 is 0 Å². The Kier molecular flexibility index (Phi) is 1.77. The minimum atomic E-state index is 0.363. The Morgan fingerprint density at radius 3 is 2.62 bits per heavy atom. The Morgan fingerprint density at radius 2 is 2.23 bits per heavy atom. The lowest BCUT2D eigenvalue weighted by Crippen LogP contribution is -2.18. The van der Waals surface area contributed by atoms with Gasteiger partial charge in [0.25, 0.3) is 0 Å². The summed E-state index contributed by atoms with van der Waals surface area (Å²) in [6.07, 6.45) is 6.50. The second-order valence-corrected chi connectivity index (χ2v) is 4.78. The molecule has 0 aromatic carbocycles. The summed E-state index contributed by atoms with van der Waals surface area (Å²) in [5, 5.41) is 0. The maximum Gasteiger partial charge on any atom is 0.00432 e. The summed E-state index contributed by atoms with van der Waals surface area (Å²) in [4.78, 5) is 3.13. The highest BCUT2D eigenvalue weighted by Crippen LogP contribution is 2.65. The summed E-state index contributed by atoms with van der Waals surface area (Å²) in [5.74, 6) is 0. The molecule has 0 radical (unpaired) electrons. The molecule has 1 aliphatic carbocycles. The maximum atomic E-state index is 5.67. The molecule has 2 nitrogen and oxygen atoms in total. The van der Waals surface area contributed by atoms with Gasteiger partial charge in [-0.15, -0.1) is 0 Å². The van der Waals surface area contributed by atoms with E-state index < -0.39 is 0 Å². The van der Waals surface area contributed by atoms with Crippen LogP contribution in [0.5, 0.6) is 0 Å². The summed E-state index contributed by atoms with van der Waals surface area (Å²) < 4.78 is 0. The zero-order valence-electron chi connectivity index (χ0n) is 8.43. The van der Waals surface area contributed by atoms with Crippen LogP contribution in [0.15, 0.2) is 18.5 Å². The maximum absolute atomic E-state index is 5.67. The van der Waals surface area contributed by atoms with Crippen molar-refractivity contribution in [2.45, 2.75) is 32.1 Å². The molecule has 1 unspecified atom stereocenters. The van der Waals surface area contributed by atoms with Crippen LogP contribution in [0.3, 0.4) is 0 Å². The molecule has 1 aliphatic rings. The van der Waals surface area contributed by atoms with Crippen LogP contribution in [0.4, 0.5) is 0 Å². The van der Waals surface area contributed by atoms with Gasteiger partial charge in [-0.25, -0.2) is 0 Å². The van der Waals surface area contributed by atoms with E-state index in [1.807, 2.05) is 6.20 Å². The Bertz CT molecular complexity index is 287. The van der Waals surface area contributed by atoms with Crippen molar-refractivity contribution in [2.24, 2.45) is 11.1 Å². The van der Waals surface area contributed by atoms with Gasteiger partial charge in [-0.1, -0.05) is 13.8 Å². The first-order valence-electron chi connectivity index (χ1n) is 4.96. The van der Waals surface area contributed by atoms with E-state index >= 15 is 0 Å². The molecule has 1 heterocycles. The number of nitrogens with two attached hydrogens (primary N) is 1. The number of rotatable bonds is 3. The average Bonchev–Trinajstić information content (AvgIpc) is 2.55. The van der Waals surface area contributed by atoms with Crippen molar-refractivity contribution in [1.29, 1.82) is 0 Å². The van der Waals surface area contributed by atoms with Gasteiger partial charge in [0.05, 0.1) is 0 Å². The Balaban J connectivity index is 2.28. The van der Waals surface area contributed by atoms with Gasteiger partial charge in [-0.05, 0) is 36.4 Å². The third-order valence-electron chi connectivity index (χ3n) is 3.64. The average molecular weight is 178 g/mol. The molecule has 0 spiro atoms. The van der Waals surface area contributed by atoms with E-state index in [-0.39, 0.29) is 0 Å². The van der Waals surface area contributed by atoms with Gasteiger partial charge in [0.15, 0.2) is 0 Å². The van der Waals surface area contributed by atoms with Crippen LogP contribution in [-0.2, 0) is 5.41 Å². The van der Waals surface area contributed by atoms with Crippen LogP contribution in [0.25, 0.3) is 0 Å². The van der Waals surface area contributed by atoms with E-state index in [1.165, 1.54) is 12.0 Å². The summed E-state index contributed by atoms with van der Waals surface area (Å²) in [5.41, 5.74) is 7.91. The van der Waals surface area contributed by atoms with E-state index in [0.717, 1.165) is 13.0 Å². The molecule has 0 amide bonds. The van der Waals surface area contributed by atoms with Gasteiger partial charge in [0.2, 0.25) is 0 Å². The summed E-state index contributed by atoms with van der Waals surface area (Å²) >= 11 is 0. The van der Waals surface area contributed by atoms with Crippen molar-refractivity contribution in [3.63, 3.8) is 0 Å². The molecule has 1 aromatic heterocycles. The molecule has 2 rings (SSSR count). The van der Waals surface area contributed by atoms with Gasteiger partial charge in [-0.3, -0.25) is 0 Å². The van der Waals surface area contributed by atoms with Crippen molar-refractivity contribution >= 4 is 0 Å². The topological polar surface area (TPSA) is 41.8 Å². The molecule has 0 bridgehead atoms. The zero-order valence-corrected chi connectivity index (χ0v) is 8.43. The van der Waals surface area contributed by atoms with E-state index in [2.05, 4.69) is 31.1 Å². The molecule has 2 heteroatoms. The molecule has 0 aliphatic heterocycles. The highest BCUT2D eigenvalue weighted by atomic mass is 14.7. The number of aromatic nitrogens is 1. The molecule has 1 saturated carbocycles. The van der Waals surface area contributed by atoms with Crippen LogP contribution in [-0.4, -0.2) is 11.5 Å². The van der Waals surface area contributed by atoms with Crippen LogP contribution >= 0.6 is 0 Å². The first-order valence-corrected chi connectivity index (χ1v) is 4.96. The lowest BCUT2D eigenvalue weighted by molar-refractivity contribution is 0.472. The second kappa shape index (κ2) is 2.61.